The highest BCUT2D eigenvalue weighted by Crippen LogP contribution is 2.26. The van der Waals surface area contributed by atoms with Crippen molar-refractivity contribution in [3.05, 3.63) is 77.8 Å². The number of rotatable bonds is 5. The maximum atomic E-state index is 13.3. The van der Waals surface area contributed by atoms with Gasteiger partial charge < -0.3 is 14.7 Å². The fourth-order valence-electron chi connectivity index (χ4n) is 3.89. The Kier molecular flexibility index (Phi) is 6.09. The molecule has 0 aliphatic carbocycles. The molecule has 156 valence electrons. The van der Waals surface area contributed by atoms with E-state index in [1.807, 2.05) is 30.3 Å². The van der Waals surface area contributed by atoms with Crippen LogP contribution in [0.25, 0.3) is 0 Å². The van der Waals surface area contributed by atoms with Gasteiger partial charge in [0, 0.05) is 37.9 Å². The van der Waals surface area contributed by atoms with Crippen molar-refractivity contribution in [2.75, 3.05) is 36.4 Å². The average molecular weight is 408 g/mol. The van der Waals surface area contributed by atoms with Gasteiger partial charge in [-0.05, 0) is 43.2 Å². The van der Waals surface area contributed by atoms with E-state index in [1.54, 1.807) is 25.1 Å². The zero-order valence-electron chi connectivity index (χ0n) is 16.9. The third-order valence-corrected chi connectivity index (χ3v) is 5.33. The molecule has 1 saturated heterocycles. The van der Waals surface area contributed by atoms with Gasteiger partial charge in [-0.2, -0.15) is 0 Å². The molecule has 2 aromatic carbocycles. The number of hydrogen-bond donors (Lipinski definition) is 1. The summed E-state index contributed by atoms with van der Waals surface area (Å²) in [7, 11) is 0. The van der Waals surface area contributed by atoms with Crippen molar-refractivity contribution in [2.45, 2.75) is 19.4 Å². The normalized spacial score (nSPS) is 16.1. The molecular weight excluding hydrogens is 383 g/mol. The van der Waals surface area contributed by atoms with E-state index in [0.717, 1.165) is 37.3 Å². The summed E-state index contributed by atoms with van der Waals surface area (Å²) in [6, 6.07) is 17.6. The number of carbonyl (C=O) groups is 1. The number of aryl methyl sites for hydroxylation is 1. The molecule has 30 heavy (non-hydrogen) atoms. The molecule has 1 aliphatic rings. The number of amides is 1. The summed E-state index contributed by atoms with van der Waals surface area (Å²) in [6.07, 6.45) is 0.900. The van der Waals surface area contributed by atoms with Crippen LogP contribution in [-0.2, 0) is 4.79 Å². The van der Waals surface area contributed by atoms with E-state index in [4.69, 9.17) is 4.52 Å². The van der Waals surface area contributed by atoms with Gasteiger partial charge in [0.25, 0.3) is 0 Å². The fraction of sp³-hybridized carbons (Fsp3) is 0.304. The minimum Gasteiger partial charge on any atom is -0.370 e. The number of aromatic nitrogens is 1. The Morgan fingerprint density at radius 1 is 1.07 bits per heavy atom. The van der Waals surface area contributed by atoms with E-state index in [9.17, 15) is 9.18 Å². The molecule has 1 aliphatic heterocycles. The quantitative estimate of drug-likeness (QED) is 0.691. The van der Waals surface area contributed by atoms with Crippen molar-refractivity contribution in [3.8, 4) is 0 Å². The minimum absolute atomic E-state index is 0.135. The van der Waals surface area contributed by atoms with Gasteiger partial charge in [0.2, 0.25) is 5.91 Å². The highest BCUT2D eigenvalue weighted by Gasteiger charge is 2.30. The van der Waals surface area contributed by atoms with Crippen LogP contribution < -0.4 is 10.2 Å². The van der Waals surface area contributed by atoms with E-state index < -0.39 is 6.04 Å². The van der Waals surface area contributed by atoms with Crippen LogP contribution >= 0.6 is 0 Å². The second-order valence-electron chi connectivity index (χ2n) is 7.48. The van der Waals surface area contributed by atoms with E-state index in [2.05, 4.69) is 20.3 Å². The number of hydrogen-bond acceptors (Lipinski definition) is 5. The third kappa shape index (κ3) is 4.68. The van der Waals surface area contributed by atoms with Crippen LogP contribution in [0.3, 0.4) is 0 Å². The third-order valence-electron chi connectivity index (χ3n) is 5.33. The highest BCUT2D eigenvalue weighted by atomic mass is 19.1. The zero-order valence-corrected chi connectivity index (χ0v) is 16.9. The number of halogens is 1. The molecule has 1 amide bonds. The van der Waals surface area contributed by atoms with Crippen molar-refractivity contribution < 1.29 is 13.7 Å². The molecule has 0 saturated carbocycles. The van der Waals surface area contributed by atoms with Gasteiger partial charge in [-0.1, -0.05) is 35.5 Å². The standard InChI is InChI=1S/C23H25FN4O2/c1-17-16-21(26-30-17)25-23(29)22(18-6-3-2-4-7-18)28-13-5-12-27(14-15-28)20-10-8-19(24)9-11-20/h2-4,6-11,16,22H,5,12-15H2,1H3,(H,25,26,29). The predicted octanol–water partition coefficient (Wildman–Crippen LogP) is 4.01. The summed E-state index contributed by atoms with van der Waals surface area (Å²) in [4.78, 5) is 17.7. The summed E-state index contributed by atoms with van der Waals surface area (Å²) >= 11 is 0. The first kappa shape index (κ1) is 20.1. The van der Waals surface area contributed by atoms with E-state index in [-0.39, 0.29) is 11.7 Å². The fourth-order valence-corrected chi connectivity index (χ4v) is 3.89. The second-order valence-corrected chi connectivity index (χ2v) is 7.48. The molecule has 0 bridgehead atoms. The van der Waals surface area contributed by atoms with E-state index in [0.29, 0.717) is 18.1 Å². The molecule has 4 rings (SSSR count). The minimum atomic E-state index is -0.434. The molecule has 6 nitrogen and oxygen atoms in total. The largest absolute Gasteiger partial charge is 0.370 e. The number of benzene rings is 2. The first-order valence-corrected chi connectivity index (χ1v) is 10.1. The lowest BCUT2D eigenvalue weighted by Crippen LogP contribution is -2.39. The molecule has 1 atom stereocenters. The van der Waals surface area contributed by atoms with Crippen LogP contribution in [0, 0.1) is 12.7 Å². The van der Waals surface area contributed by atoms with Crippen molar-refractivity contribution >= 4 is 17.4 Å². The van der Waals surface area contributed by atoms with Gasteiger partial charge in [-0.25, -0.2) is 4.39 Å². The number of carbonyl (C=O) groups excluding carboxylic acids is 1. The van der Waals surface area contributed by atoms with Crippen LogP contribution in [-0.4, -0.2) is 42.1 Å². The summed E-state index contributed by atoms with van der Waals surface area (Å²) in [6.45, 7) is 4.89. The second kappa shape index (κ2) is 9.09. The average Bonchev–Trinajstić information content (AvgIpc) is 3.01. The van der Waals surface area contributed by atoms with Gasteiger partial charge in [0.05, 0.1) is 0 Å². The Morgan fingerprint density at radius 2 is 1.83 bits per heavy atom. The van der Waals surface area contributed by atoms with Crippen LogP contribution in [0.1, 0.15) is 23.8 Å². The Balaban J connectivity index is 1.53. The summed E-state index contributed by atoms with van der Waals surface area (Å²) in [5.74, 6) is 0.691. The molecule has 1 fully saturated rings. The topological polar surface area (TPSA) is 61.6 Å². The van der Waals surface area contributed by atoms with Crippen molar-refractivity contribution in [3.63, 3.8) is 0 Å². The lowest BCUT2D eigenvalue weighted by atomic mass is 10.0. The lowest BCUT2D eigenvalue weighted by Gasteiger charge is -2.30. The molecule has 0 spiro atoms. The molecule has 1 unspecified atom stereocenters. The maximum absolute atomic E-state index is 13.3. The Labute approximate surface area is 175 Å². The van der Waals surface area contributed by atoms with Crippen LogP contribution in [0.5, 0.6) is 0 Å². The van der Waals surface area contributed by atoms with Crippen molar-refractivity contribution in [2.24, 2.45) is 0 Å². The first-order chi connectivity index (χ1) is 14.6. The van der Waals surface area contributed by atoms with Gasteiger partial charge in [-0.3, -0.25) is 9.69 Å². The molecule has 1 N–H and O–H groups in total. The van der Waals surface area contributed by atoms with E-state index >= 15 is 0 Å². The SMILES string of the molecule is Cc1cc(NC(=O)C(c2ccccc2)N2CCCN(c3ccc(F)cc3)CC2)no1. The summed E-state index contributed by atoms with van der Waals surface area (Å²) in [5, 5.41) is 6.78. The van der Waals surface area contributed by atoms with Crippen molar-refractivity contribution in [1.29, 1.82) is 0 Å². The number of nitrogens with one attached hydrogen (secondary N) is 1. The van der Waals surface area contributed by atoms with Gasteiger partial charge in [0.15, 0.2) is 5.82 Å². The van der Waals surface area contributed by atoms with Gasteiger partial charge in [-0.15, -0.1) is 0 Å². The molecule has 2 heterocycles. The Morgan fingerprint density at radius 3 is 2.53 bits per heavy atom. The number of anilines is 2. The van der Waals surface area contributed by atoms with Gasteiger partial charge >= 0.3 is 0 Å². The van der Waals surface area contributed by atoms with Crippen LogP contribution in [0.15, 0.2) is 65.2 Å². The lowest BCUT2D eigenvalue weighted by molar-refractivity contribution is -0.121. The zero-order chi connectivity index (χ0) is 20.9. The van der Waals surface area contributed by atoms with Crippen LogP contribution in [0.4, 0.5) is 15.9 Å². The molecular formula is C23H25FN4O2. The number of nitrogens with zero attached hydrogens (tertiary/aromatic N) is 3. The molecule has 3 aromatic rings. The highest BCUT2D eigenvalue weighted by molar-refractivity contribution is 5.94. The van der Waals surface area contributed by atoms with Crippen molar-refractivity contribution in [1.82, 2.24) is 10.1 Å². The first-order valence-electron chi connectivity index (χ1n) is 10.1. The maximum Gasteiger partial charge on any atom is 0.247 e. The van der Waals surface area contributed by atoms with Gasteiger partial charge in [0.1, 0.15) is 17.6 Å². The Hall–Kier alpha value is -3.19. The smallest absolute Gasteiger partial charge is 0.247 e. The molecule has 0 radical (unpaired) electrons. The summed E-state index contributed by atoms with van der Waals surface area (Å²) < 4.78 is 18.4. The van der Waals surface area contributed by atoms with E-state index in [1.165, 1.54) is 12.1 Å². The predicted molar refractivity (Wildman–Crippen MR) is 114 cm³/mol. The molecule has 7 heteroatoms. The van der Waals surface area contributed by atoms with Crippen LogP contribution in [0.2, 0.25) is 0 Å². The summed E-state index contributed by atoms with van der Waals surface area (Å²) in [5.41, 5.74) is 1.93. The molecule has 1 aromatic heterocycles. The monoisotopic (exact) mass is 408 g/mol. The Bertz CT molecular complexity index is 974.